The van der Waals surface area contributed by atoms with Gasteiger partial charge >= 0.3 is 12.2 Å². The second-order valence-electron chi connectivity index (χ2n) is 23.3. The Morgan fingerprint density at radius 1 is 0.540 bits per heavy atom. The number of carbonyl (C=O) groups is 2. The average Bonchev–Trinajstić information content (AvgIpc) is 3.62. The van der Waals surface area contributed by atoms with Gasteiger partial charge in [-0.3, -0.25) is 9.68 Å². The van der Waals surface area contributed by atoms with Crippen molar-refractivity contribution in [2.75, 3.05) is 13.1 Å². The van der Waals surface area contributed by atoms with Crippen LogP contribution in [0.15, 0.2) is 180 Å². The van der Waals surface area contributed by atoms with Crippen LogP contribution in [0.2, 0.25) is 0 Å². The van der Waals surface area contributed by atoms with Crippen LogP contribution < -0.4 is 25.6 Å². The highest BCUT2D eigenvalue weighted by atomic mass is 35.7. The van der Waals surface area contributed by atoms with Crippen molar-refractivity contribution in [3.63, 3.8) is 0 Å². The number of hydrogen-bond donors (Lipinski definition) is 5. The van der Waals surface area contributed by atoms with Crippen LogP contribution in [-0.4, -0.2) is 104 Å². The van der Waals surface area contributed by atoms with Crippen molar-refractivity contribution in [1.29, 1.82) is 0 Å². The van der Waals surface area contributed by atoms with E-state index in [2.05, 4.69) is 16.1 Å². The zero-order chi connectivity index (χ0) is 62.9. The molecular formula is C66H85ClN4O14S2. The summed E-state index contributed by atoms with van der Waals surface area (Å²) in [6.45, 7) is 11.2. The van der Waals surface area contributed by atoms with Crippen LogP contribution >= 0.6 is 10.7 Å². The largest absolute Gasteiger partial charge is 0.489 e. The lowest BCUT2D eigenvalue weighted by molar-refractivity contribution is -0.145. The highest BCUT2D eigenvalue weighted by Crippen LogP contribution is 2.29. The van der Waals surface area contributed by atoms with E-state index in [4.69, 9.17) is 39.3 Å². The van der Waals surface area contributed by atoms with E-state index >= 15 is 0 Å². The molecule has 0 spiro atoms. The van der Waals surface area contributed by atoms with Crippen molar-refractivity contribution in [2.24, 2.45) is 0 Å². The number of aliphatic hydroxyl groups is 2. The first kappa shape index (κ1) is 69.5. The van der Waals surface area contributed by atoms with E-state index in [0.29, 0.717) is 37.4 Å². The lowest BCUT2D eigenvalue weighted by Gasteiger charge is -2.31. The predicted octanol–water partition coefficient (Wildman–Crippen LogP) is 11.8. The quantitative estimate of drug-likeness (QED) is 0.0265. The van der Waals surface area contributed by atoms with Crippen LogP contribution in [0.3, 0.4) is 0 Å². The lowest BCUT2D eigenvalue weighted by atomic mass is 10.0. The summed E-state index contributed by atoms with van der Waals surface area (Å²) in [5.41, 5.74) is 5.39. The van der Waals surface area contributed by atoms with E-state index in [-0.39, 0.29) is 41.6 Å². The standard InChI is InChI=1S/C33H42N2O7S.C20H32N2O4.C13H11ClO3S/c1-33(2,3)41-32(37)34-30(21-25-13-6-4-7-14-25)31(36)23-35(42-27-17-10-11-18-27)43(38,39)29-20-12-19-28(22-29)40-24-26-15-8-5-9-16-26;1-20(2,3)25-19(24)22-17(13-15-9-5-4-6-10-15)18(23)14-21-26-16-11-7-8-12-16;14-18(15,16)13-8-4-7-12(9-13)17-10-11-5-2-1-3-6-11/h4-9,12-16,19-20,22,27,30-31,36H,10-11,17-18,21,23-24H2,1-3H3,(H,34,37);4-6,9-10,16-18,21,23H,7-8,11-14H2,1-3H3,(H,22,24);1-9H,10H2/t30-,31+;17-,18+;/m00./s1. The first-order chi connectivity index (χ1) is 41.4. The Labute approximate surface area is 518 Å². The number of hydrogen-bond acceptors (Lipinski definition) is 15. The molecule has 2 aliphatic carbocycles. The first-order valence-corrected chi connectivity index (χ1v) is 33.1. The molecule has 0 aromatic heterocycles. The molecule has 8 rings (SSSR count). The topological polar surface area (TPSA) is 238 Å². The van der Waals surface area contributed by atoms with E-state index in [9.17, 15) is 36.6 Å². The molecule has 5 N–H and O–H groups in total. The van der Waals surface area contributed by atoms with E-state index in [1.165, 1.54) is 37.1 Å². The van der Waals surface area contributed by atoms with E-state index in [1.807, 2.05) is 142 Å². The highest BCUT2D eigenvalue weighted by Gasteiger charge is 2.35. The second-order valence-corrected chi connectivity index (χ2v) is 27.7. The van der Waals surface area contributed by atoms with Gasteiger partial charge in [0.15, 0.2) is 0 Å². The fraction of sp³-hybridized carbons (Fsp3) is 0.424. The van der Waals surface area contributed by atoms with Crippen molar-refractivity contribution in [3.05, 3.63) is 192 Å². The van der Waals surface area contributed by atoms with Crippen LogP contribution in [0, 0.1) is 0 Å². The van der Waals surface area contributed by atoms with Gasteiger partial charge in [0.25, 0.3) is 19.1 Å². The minimum Gasteiger partial charge on any atom is -0.489 e. The Morgan fingerprint density at radius 3 is 1.36 bits per heavy atom. The van der Waals surface area contributed by atoms with Gasteiger partial charge in [0, 0.05) is 29.4 Å². The molecule has 0 heterocycles. The summed E-state index contributed by atoms with van der Waals surface area (Å²) in [6.07, 6.45) is 5.07. The number of nitrogens with one attached hydrogen (secondary N) is 3. The number of amides is 2. The van der Waals surface area contributed by atoms with Gasteiger partial charge in [-0.1, -0.05) is 164 Å². The highest BCUT2D eigenvalue weighted by molar-refractivity contribution is 8.13. The molecule has 6 aromatic carbocycles. The number of alkyl carbamates (subject to hydrolysis) is 2. The SMILES string of the molecule is CC(C)(C)OC(=O)N[C@@H](Cc1ccccc1)[C@H](O)CN(OC1CCCC1)S(=O)(=O)c1cccc(OCc2ccccc2)c1.CC(C)(C)OC(=O)N[C@@H](Cc1ccccc1)[C@H](O)CNOC1CCCC1.O=S(=O)(Cl)c1cccc(OCc2ccccc2)c1. The number of nitrogens with zero attached hydrogens (tertiary/aromatic N) is 1. The van der Waals surface area contributed by atoms with E-state index in [0.717, 1.165) is 52.4 Å². The molecule has 0 bridgehead atoms. The monoisotopic (exact) mass is 1260 g/mol. The molecule has 0 saturated heterocycles. The van der Waals surface area contributed by atoms with Crippen molar-refractivity contribution in [3.8, 4) is 11.5 Å². The number of benzene rings is 6. The molecule has 87 heavy (non-hydrogen) atoms. The fourth-order valence-corrected chi connectivity index (χ4v) is 11.4. The van der Waals surface area contributed by atoms with Gasteiger partial charge in [0.2, 0.25) is 0 Å². The summed E-state index contributed by atoms with van der Waals surface area (Å²) >= 11 is 0. The van der Waals surface area contributed by atoms with Crippen molar-refractivity contribution >= 4 is 41.9 Å². The van der Waals surface area contributed by atoms with Gasteiger partial charge in [0.1, 0.15) is 35.9 Å². The molecule has 0 aliphatic heterocycles. The van der Waals surface area contributed by atoms with Gasteiger partial charge < -0.3 is 39.8 Å². The molecule has 0 radical (unpaired) electrons. The number of aliphatic hydroxyl groups excluding tert-OH is 2. The normalized spacial score (nSPS) is 15.3. The van der Waals surface area contributed by atoms with Crippen molar-refractivity contribution in [2.45, 2.75) is 176 Å². The number of ether oxygens (including phenoxy) is 4. The van der Waals surface area contributed by atoms with E-state index in [1.54, 1.807) is 45.0 Å². The van der Waals surface area contributed by atoms with Gasteiger partial charge in [-0.25, -0.2) is 26.4 Å². The van der Waals surface area contributed by atoms with Crippen LogP contribution in [0.25, 0.3) is 0 Å². The minimum absolute atomic E-state index is 0.0250. The van der Waals surface area contributed by atoms with Gasteiger partial charge in [-0.15, -0.1) is 0 Å². The molecule has 2 saturated carbocycles. The fourth-order valence-electron chi connectivity index (χ4n) is 9.30. The van der Waals surface area contributed by atoms with Crippen LogP contribution in [-0.2, 0) is 64.3 Å². The third-order valence-electron chi connectivity index (χ3n) is 13.6. The zero-order valence-electron chi connectivity index (χ0n) is 50.5. The number of rotatable bonds is 25. The van der Waals surface area contributed by atoms with Crippen molar-refractivity contribution in [1.82, 2.24) is 20.6 Å². The summed E-state index contributed by atoms with van der Waals surface area (Å²) in [4.78, 5) is 36.6. The summed E-state index contributed by atoms with van der Waals surface area (Å²) in [5.74, 6) is 0.861. The number of carbonyl (C=O) groups excluding carboxylic acids is 2. The molecule has 21 heteroatoms. The molecule has 18 nitrogen and oxygen atoms in total. The molecule has 2 amide bonds. The number of sulfonamides is 1. The third-order valence-corrected chi connectivity index (χ3v) is 16.6. The molecule has 4 atom stereocenters. The van der Waals surface area contributed by atoms with Crippen molar-refractivity contribution < 1.29 is 65.3 Å². The van der Waals surface area contributed by atoms with Crippen LogP contribution in [0.4, 0.5) is 9.59 Å². The maximum absolute atomic E-state index is 14.0. The molecular weight excluding hydrogens is 1170 g/mol. The number of hydroxylamine groups is 2. The predicted molar refractivity (Wildman–Crippen MR) is 335 cm³/mol. The van der Waals surface area contributed by atoms with Gasteiger partial charge in [-0.05, 0) is 127 Å². The van der Waals surface area contributed by atoms with Crippen LogP contribution in [0.5, 0.6) is 11.5 Å². The number of halogens is 1. The Morgan fingerprint density at radius 2 is 0.931 bits per heavy atom. The Bertz CT molecular complexity index is 3220. The maximum Gasteiger partial charge on any atom is 0.407 e. The Hall–Kier alpha value is -6.59. The van der Waals surface area contributed by atoms with E-state index < -0.39 is 73.3 Å². The minimum atomic E-state index is -4.23. The Balaban J connectivity index is 0.000000232. The molecule has 0 unspecified atom stereocenters. The summed E-state index contributed by atoms with van der Waals surface area (Å²) < 4.78 is 73.3. The third kappa shape index (κ3) is 26.0. The average molecular weight is 1260 g/mol. The molecule has 6 aromatic rings. The first-order valence-electron chi connectivity index (χ1n) is 29.4. The smallest absolute Gasteiger partial charge is 0.407 e. The Kier molecular flexibility index (Phi) is 27.4. The lowest BCUT2D eigenvalue weighted by Crippen LogP contribution is -2.51. The second kappa shape index (κ2) is 34.2. The maximum atomic E-state index is 14.0. The molecule has 472 valence electrons. The summed E-state index contributed by atoms with van der Waals surface area (Å²) in [5, 5.41) is 27.6. The van der Waals surface area contributed by atoms with Gasteiger partial charge in [-0.2, -0.15) is 5.48 Å². The summed E-state index contributed by atoms with van der Waals surface area (Å²) in [7, 11) is -2.68. The molecule has 2 aliphatic rings. The molecule has 2 fully saturated rings. The summed E-state index contributed by atoms with van der Waals surface area (Å²) in [6, 6.07) is 49.3. The van der Waals surface area contributed by atoms with Gasteiger partial charge in [0.05, 0.1) is 52.8 Å². The van der Waals surface area contributed by atoms with Crippen LogP contribution in [0.1, 0.15) is 115 Å². The zero-order valence-corrected chi connectivity index (χ0v) is 52.9.